The maximum absolute atomic E-state index is 5.79. The molecule has 2 aromatic rings. The maximum Gasteiger partial charge on any atom is 0.224 e. The van der Waals surface area contributed by atoms with Gasteiger partial charge in [0.25, 0.3) is 0 Å². The lowest BCUT2D eigenvalue weighted by molar-refractivity contribution is 0.319. The number of nitrogen functional groups attached to an aromatic ring is 1. The van der Waals surface area contributed by atoms with Crippen molar-refractivity contribution in [3.8, 4) is 17.4 Å². The first-order valence-corrected chi connectivity index (χ1v) is 6.64. The first-order valence-electron chi connectivity index (χ1n) is 6.64. The Kier molecular flexibility index (Phi) is 4.40. The lowest BCUT2D eigenvalue weighted by Crippen LogP contribution is -2.03. The van der Waals surface area contributed by atoms with Crippen molar-refractivity contribution >= 4 is 5.82 Å². The molecule has 5 nitrogen and oxygen atoms in total. The van der Waals surface area contributed by atoms with Gasteiger partial charge in [-0.25, -0.2) is 4.98 Å². The van der Waals surface area contributed by atoms with Gasteiger partial charge in [-0.3, -0.25) is 0 Å². The van der Waals surface area contributed by atoms with Crippen LogP contribution in [0.4, 0.5) is 5.82 Å². The minimum Gasteiger partial charge on any atom is -0.490 e. The number of benzene rings is 1. The van der Waals surface area contributed by atoms with Gasteiger partial charge in [0.2, 0.25) is 5.88 Å². The van der Waals surface area contributed by atoms with E-state index >= 15 is 0 Å². The molecule has 0 spiro atoms. The van der Waals surface area contributed by atoms with Gasteiger partial charge in [0.15, 0.2) is 11.5 Å². The molecule has 0 fully saturated rings. The molecule has 1 aromatic heterocycles. The van der Waals surface area contributed by atoms with Gasteiger partial charge in [-0.15, -0.1) is 0 Å². The Hall–Kier alpha value is -2.30. The number of rotatable bonds is 5. The van der Waals surface area contributed by atoms with E-state index in [1.807, 2.05) is 45.0 Å². The number of aromatic nitrogens is 2. The van der Waals surface area contributed by atoms with Gasteiger partial charge < -0.3 is 15.2 Å². The average molecular weight is 273 g/mol. The molecule has 2 rings (SSSR count). The van der Waals surface area contributed by atoms with Crippen LogP contribution in [0.5, 0.6) is 17.4 Å². The van der Waals surface area contributed by atoms with E-state index in [1.54, 1.807) is 6.07 Å². The van der Waals surface area contributed by atoms with E-state index in [4.69, 9.17) is 15.2 Å². The predicted octanol–water partition coefficient (Wildman–Crippen LogP) is 3.37. The van der Waals surface area contributed by atoms with E-state index in [-0.39, 0.29) is 5.92 Å². The van der Waals surface area contributed by atoms with Crippen LogP contribution in [0.2, 0.25) is 0 Å². The summed E-state index contributed by atoms with van der Waals surface area (Å²) < 4.78 is 11.3. The Morgan fingerprint density at radius 2 is 1.85 bits per heavy atom. The standard InChI is InChI=1S/C15H19N3O2/c1-4-19-11-7-5-6-8-12(11)20-14-9-13(16)17-15(18-14)10(2)3/h5-10H,4H2,1-3H3,(H2,16,17,18). The number of para-hydroxylation sites is 2. The highest BCUT2D eigenvalue weighted by Gasteiger charge is 2.10. The first kappa shape index (κ1) is 14.1. The molecule has 0 radical (unpaired) electrons. The Morgan fingerprint density at radius 3 is 2.50 bits per heavy atom. The molecule has 1 aromatic carbocycles. The summed E-state index contributed by atoms with van der Waals surface area (Å²) in [5.74, 6) is 2.96. The first-order chi connectivity index (χ1) is 9.60. The van der Waals surface area contributed by atoms with Gasteiger partial charge in [-0.2, -0.15) is 4.98 Å². The number of hydrogen-bond acceptors (Lipinski definition) is 5. The summed E-state index contributed by atoms with van der Waals surface area (Å²) >= 11 is 0. The minimum atomic E-state index is 0.183. The third-order valence-corrected chi connectivity index (χ3v) is 2.62. The molecule has 2 N–H and O–H groups in total. The molecule has 0 aliphatic rings. The van der Waals surface area contributed by atoms with Crippen molar-refractivity contribution in [3.63, 3.8) is 0 Å². The fourth-order valence-electron chi connectivity index (χ4n) is 1.69. The van der Waals surface area contributed by atoms with Gasteiger partial charge in [0.05, 0.1) is 6.61 Å². The number of anilines is 1. The summed E-state index contributed by atoms with van der Waals surface area (Å²) in [6.07, 6.45) is 0. The number of nitrogens with two attached hydrogens (primary N) is 1. The van der Waals surface area contributed by atoms with E-state index in [9.17, 15) is 0 Å². The SMILES string of the molecule is CCOc1ccccc1Oc1cc(N)nc(C(C)C)n1. The molecule has 0 unspecified atom stereocenters. The third kappa shape index (κ3) is 3.38. The molecule has 0 atom stereocenters. The van der Waals surface area contributed by atoms with Gasteiger partial charge in [-0.05, 0) is 19.1 Å². The van der Waals surface area contributed by atoms with Crippen molar-refractivity contribution in [1.82, 2.24) is 9.97 Å². The molecular weight excluding hydrogens is 254 g/mol. The van der Waals surface area contributed by atoms with E-state index in [0.717, 1.165) is 0 Å². The molecule has 106 valence electrons. The predicted molar refractivity (Wildman–Crippen MR) is 78.2 cm³/mol. The van der Waals surface area contributed by atoms with Crippen LogP contribution in [-0.4, -0.2) is 16.6 Å². The van der Waals surface area contributed by atoms with E-state index < -0.39 is 0 Å². The summed E-state index contributed by atoms with van der Waals surface area (Å²) in [6, 6.07) is 9.07. The quantitative estimate of drug-likeness (QED) is 0.904. The van der Waals surface area contributed by atoms with Crippen molar-refractivity contribution in [3.05, 3.63) is 36.2 Å². The summed E-state index contributed by atoms with van der Waals surface area (Å²) in [6.45, 7) is 6.51. The van der Waals surface area contributed by atoms with Crippen molar-refractivity contribution < 1.29 is 9.47 Å². The lowest BCUT2D eigenvalue weighted by atomic mass is 10.2. The van der Waals surface area contributed by atoms with Crippen LogP contribution in [0.3, 0.4) is 0 Å². The van der Waals surface area contributed by atoms with Gasteiger partial charge in [-0.1, -0.05) is 26.0 Å². The van der Waals surface area contributed by atoms with Gasteiger partial charge in [0.1, 0.15) is 11.6 Å². The largest absolute Gasteiger partial charge is 0.490 e. The molecule has 0 amide bonds. The Balaban J connectivity index is 2.30. The fraction of sp³-hybridized carbons (Fsp3) is 0.333. The minimum absolute atomic E-state index is 0.183. The Labute approximate surface area is 118 Å². The second kappa shape index (κ2) is 6.23. The molecule has 0 bridgehead atoms. The highest BCUT2D eigenvalue weighted by molar-refractivity contribution is 5.43. The van der Waals surface area contributed by atoms with E-state index in [1.165, 1.54) is 0 Å². The molecule has 1 heterocycles. The van der Waals surface area contributed by atoms with Crippen LogP contribution in [0.15, 0.2) is 30.3 Å². The zero-order valence-corrected chi connectivity index (χ0v) is 12.0. The molecule has 0 aliphatic heterocycles. The van der Waals surface area contributed by atoms with Gasteiger partial charge in [0, 0.05) is 12.0 Å². The zero-order chi connectivity index (χ0) is 14.5. The average Bonchev–Trinajstić information content (AvgIpc) is 2.40. The van der Waals surface area contributed by atoms with Crippen LogP contribution >= 0.6 is 0 Å². The van der Waals surface area contributed by atoms with E-state index in [2.05, 4.69) is 9.97 Å². The van der Waals surface area contributed by atoms with Crippen molar-refractivity contribution in [1.29, 1.82) is 0 Å². The molecule has 0 saturated carbocycles. The van der Waals surface area contributed by atoms with Crippen LogP contribution < -0.4 is 15.2 Å². The van der Waals surface area contributed by atoms with Crippen LogP contribution in [0.25, 0.3) is 0 Å². The van der Waals surface area contributed by atoms with E-state index in [0.29, 0.717) is 35.6 Å². The molecule has 20 heavy (non-hydrogen) atoms. The van der Waals surface area contributed by atoms with Gasteiger partial charge >= 0.3 is 0 Å². The number of nitrogens with zero attached hydrogens (tertiary/aromatic N) is 2. The number of ether oxygens (including phenoxy) is 2. The summed E-state index contributed by atoms with van der Waals surface area (Å²) in [7, 11) is 0. The Bertz CT molecular complexity index is 585. The van der Waals surface area contributed by atoms with Crippen molar-refractivity contribution in [2.75, 3.05) is 12.3 Å². The van der Waals surface area contributed by atoms with Crippen molar-refractivity contribution in [2.24, 2.45) is 0 Å². The molecule has 0 saturated heterocycles. The lowest BCUT2D eigenvalue weighted by Gasteiger charge is -2.12. The van der Waals surface area contributed by atoms with Crippen LogP contribution in [0.1, 0.15) is 32.5 Å². The zero-order valence-electron chi connectivity index (χ0n) is 12.0. The fourth-order valence-corrected chi connectivity index (χ4v) is 1.69. The van der Waals surface area contributed by atoms with Crippen LogP contribution in [-0.2, 0) is 0 Å². The molecule has 0 aliphatic carbocycles. The highest BCUT2D eigenvalue weighted by Crippen LogP contribution is 2.31. The second-order valence-corrected chi connectivity index (χ2v) is 4.63. The second-order valence-electron chi connectivity index (χ2n) is 4.63. The topological polar surface area (TPSA) is 70.3 Å². The highest BCUT2D eigenvalue weighted by atomic mass is 16.5. The normalized spacial score (nSPS) is 10.6. The molecular formula is C15H19N3O2. The monoisotopic (exact) mass is 273 g/mol. The Morgan fingerprint density at radius 1 is 1.15 bits per heavy atom. The molecule has 5 heteroatoms. The summed E-state index contributed by atoms with van der Waals surface area (Å²) in [5.41, 5.74) is 5.79. The maximum atomic E-state index is 5.79. The number of hydrogen-bond donors (Lipinski definition) is 1. The van der Waals surface area contributed by atoms with Crippen LogP contribution in [0, 0.1) is 0 Å². The smallest absolute Gasteiger partial charge is 0.224 e. The summed E-state index contributed by atoms with van der Waals surface area (Å²) in [5, 5.41) is 0. The van der Waals surface area contributed by atoms with Crippen molar-refractivity contribution in [2.45, 2.75) is 26.7 Å². The summed E-state index contributed by atoms with van der Waals surface area (Å²) in [4.78, 5) is 8.55. The third-order valence-electron chi connectivity index (χ3n) is 2.62.